The number of hydrogen-bond acceptors (Lipinski definition) is 2. The van der Waals surface area contributed by atoms with Crippen LogP contribution in [0.3, 0.4) is 0 Å². The van der Waals surface area contributed by atoms with Gasteiger partial charge in [-0.1, -0.05) is 11.6 Å². The maximum atomic E-state index is 11.9. The molecule has 15 heavy (non-hydrogen) atoms. The Morgan fingerprint density at radius 3 is 2.67 bits per heavy atom. The van der Waals surface area contributed by atoms with E-state index >= 15 is 0 Å². The quantitative estimate of drug-likeness (QED) is 0.879. The van der Waals surface area contributed by atoms with E-state index in [4.69, 9.17) is 17.3 Å². The van der Waals surface area contributed by atoms with Gasteiger partial charge in [0.1, 0.15) is 0 Å². The van der Waals surface area contributed by atoms with E-state index in [0.717, 1.165) is 0 Å². The first-order valence-corrected chi connectivity index (χ1v) is 4.69. The Bertz CT molecular complexity index is 327. The van der Waals surface area contributed by atoms with Crippen LogP contribution >= 0.6 is 11.6 Å². The molecule has 84 valence electrons. The second kappa shape index (κ2) is 4.81. The maximum Gasteiger partial charge on any atom is 0.389 e. The van der Waals surface area contributed by atoms with Crippen molar-refractivity contribution in [2.45, 2.75) is 25.1 Å². The highest BCUT2D eigenvalue weighted by Gasteiger charge is 2.28. The Morgan fingerprint density at radius 2 is 2.13 bits per heavy atom. The van der Waals surface area contributed by atoms with Crippen molar-refractivity contribution in [2.24, 2.45) is 5.73 Å². The van der Waals surface area contributed by atoms with Crippen molar-refractivity contribution in [2.75, 3.05) is 0 Å². The van der Waals surface area contributed by atoms with Crippen molar-refractivity contribution < 1.29 is 13.2 Å². The average Bonchev–Trinajstić information content (AvgIpc) is 2.14. The summed E-state index contributed by atoms with van der Waals surface area (Å²) in [7, 11) is 0. The molecule has 0 unspecified atom stereocenters. The number of pyridine rings is 1. The van der Waals surface area contributed by atoms with Gasteiger partial charge in [-0.25, -0.2) is 0 Å². The number of aromatic nitrogens is 1. The van der Waals surface area contributed by atoms with Crippen molar-refractivity contribution in [3.8, 4) is 0 Å². The van der Waals surface area contributed by atoms with Crippen LogP contribution in [0, 0.1) is 0 Å². The van der Waals surface area contributed by atoms with Gasteiger partial charge in [-0.15, -0.1) is 0 Å². The molecule has 0 spiro atoms. The van der Waals surface area contributed by atoms with E-state index < -0.39 is 18.6 Å². The van der Waals surface area contributed by atoms with Crippen LogP contribution in [0.1, 0.15) is 24.4 Å². The molecule has 1 rings (SSSR count). The minimum atomic E-state index is -4.18. The fraction of sp³-hybridized carbons (Fsp3) is 0.444. The number of hydrogen-bond donors (Lipinski definition) is 1. The van der Waals surface area contributed by atoms with Crippen molar-refractivity contribution in [3.63, 3.8) is 0 Å². The van der Waals surface area contributed by atoms with Crippen LogP contribution in [0.25, 0.3) is 0 Å². The fourth-order valence-corrected chi connectivity index (χ4v) is 1.42. The molecule has 1 atom stereocenters. The summed E-state index contributed by atoms with van der Waals surface area (Å²) in [5.74, 6) is 0. The third-order valence-corrected chi connectivity index (χ3v) is 2.26. The SMILES string of the molecule is N[C@H](CCC(F)(F)F)c1ccncc1Cl. The second-order valence-electron chi connectivity index (χ2n) is 3.16. The third kappa shape index (κ3) is 4.05. The molecular weight excluding hydrogens is 229 g/mol. The summed E-state index contributed by atoms with van der Waals surface area (Å²) in [6.45, 7) is 0. The Hall–Kier alpha value is -0.810. The van der Waals surface area contributed by atoms with Gasteiger partial charge < -0.3 is 5.73 Å². The van der Waals surface area contributed by atoms with Gasteiger partial charge in [0.05, 0.1) is 5.02 Å². The molecule has 6 heteroatoms. The molecule has 0 radical (unpaired) electrons. The molecule has 0 saturated heterocycles. The Balaban J connectivity index is 2.62. The molecule has 0 aliphatic carbocycles. The lowest BCUT2D eigenvalue weighted by Crippen LogP contribution is -2.16. The van der Waals surface area contributed by atoms with Gasteiger partial charge in [-0.2, -0.15) is 13.2 Å². The summed E-state index contributed by atoms with van der Waals surface area (Å²) < 4.78 is 35.8. The first-order chi connectivity index (χ1) is 6.90. The van der Waals surface area contributed by atoms with Crippen LogP contribution in [0.2, 0.25) is 5.02 Å². The largest absolute Gasteiger partial charge is 0.389 e. The molecule has 2 nitrogen and oxygen atoms in total. The number of rotatable bonds is 3. The zero-order valence-corrected chi connectivity index (χ0v) is 8.52. The van der Waals surface area contributed by atoms with Gasteiger partial charge >= 0.3 is 6.18 Å². The van der Waals surface area contributed by atoms with E-state index in [-0.39, 0.29) is 6.42 Å². The number of halogens is 4. The van der Waals surface area contributed by atoms with Crippen LogP contribution in [-0.2, 0) is 0 Å². The smallest absolute Gasteiger partial charge is 0.324 e. The summed E-state index contributed by atoms with van der Waals surface area (Å²) >= 11 is 5.75. The van der Waals surface area contributed by atoms with Crippen molar-refractivity contribution in [1.82, 2.24) is 4.98 Å². The van der Waals surface area contributed by atoms with Crippen molar-refractivity contribution >= 4 is 11.6 Å². The molecular formula is C9H10ClF3N2. The summed E-state index contributed by atoms with van der Waals surface area (Å²) in [5.41, 5.74) is 6.09. The highest BCUT2D eigenvalue weighted by atomic mass is 35.5. The van der Waals surface area contributed by atoms with Crippen LogP contribution < -0.4 is 5.73 Å². The van der Waals surface area contributed by atoms with E-state index in [9.17, 15) is 13.2 Å². The number of nitrogens with zero attached hydrogens (tertiary/aromatic N) is 1. The molecule has 0 bridgehead atoms. The lowest BCUT2D eigenvalue weighted by atomic mass is 10.0. The summed E-state index contributed by atoms with van der Waals surface area (Å²) in [6, 6.07) is 0.825. The molecule has 1 heterocycles. The monoisotopic (exact) mass is 238 g/mol. The topological polar surface area (TPSA) is 38.9 Å². The van der Waals surface area contributed by atoms with E-state index in [1.165, 1.54) is 18.5 Å². The molecule has 0 aliphatic rings. The number of alkyl halides is 3. The van der Waals surface area contributed by atoms with Crippen molar-refractivity contribution in [1.29, 1.82) is 0 Å². The zero-order valence-electron chi connectivity index (χ0n) is 7.76. The standard InChI is InChI=1S/C9H10ClF3N2/c10-7-5-15-4-2-6(7)8(14)1-3-9(11,12)13/h2,4-5,8H,1,3,14H2/t8-/m1/s1. The summed E-state index contributed by atoms with van der Waals surface area (Å²) in [4.78, 5) is 3.73. The minimum absolute atomic E-state index is 0.173. The summed E-state index contributed by atoms with van der Waals surface area (Å²) in [5, 5.41) is 0.298. The average molecular weight is 239 g/mol. The van der Waals surface area contributed by atoms with E-state index in [1.54, 1.807) is 0 Å². The lowest BCUT2D eigenvalue weighted by Gasteiger charge is -2.14. The zero-order chi connectivity index (χ0) is 11.5. The minimum Gasteiger partial charge on any atom is -0.324 e. The normalized spacial score (nSPS) is 13.9. The molecule has 2 N–H and O–H groups in total. The predicted molar refractivity (Wildman–Crippen MR) is 51.5 cm³/mol. The van der Waals surface area contributed by atoms with Crippen LogP contribution in [-0.4, -0.2) is 11.2 Å². The van der Waals surface area contributed by atoms with Gasteiger partial charge in [0.2, 0.25) is 0 Å². The Morgan fingerprint density at radius 1 is 1.47 bits per heavy atom. The van der Waals surface area contributed by atoms with Gasteiger partial charge in [0, 0.05) is 24.9 Å². The third-order valence-electron chi connectivity index (χ3n) is 1.94. The van der Waals surface area contributed by atoms with E-state index in [0.29, 0.717) is 10.6 Å². The van der Waals surface area contributed by atoms with E-state index in [1.807, 2.05) is 0 Å². The van der Waals surface area contributed by atoms with Gasteiger partial charge in [-0.05, 0) is 18.1 Å². The van der Waals surface area contributed by atoms with Gasteiger partial charge in [-0.3, -0.25) is 4.98 Å². The highest BCUT2D eigenvalue weighted by Crippen LogP contribution is 2.28. The molecule has 0 fully saturated rings. The first-order valence-electron chi connectivity index (χ1n) is 4.32. The maximum absolute atomic E-state index is 11.9. The van der Waals surface area contributed by atoms with Crippen LogP contribution in [0.5, 0.6) is 0 Å². The highest BCUT2D eigenvalue weighted by molar-refractivity contribution is 6.31. The molecule has 1 aromatic rings. The van der Waals surface area contributed by atoms with Crippen molar-refractivity contribution in [3.05, 3.63) is 29.0 Å². The predicted octanol–water partition coefficient (Wildman–Crippen LogP) is 3.08. The molecule has 0 saturated carbocycles. The first kappa shape index (κ1) is 12.3. The molecule has 0 aliphatic heterocycles. The second-order valence-corrected chi connectivity index (χ2v) is 3.56. The lowest BCUT2D eigenvalue weighted by molar-refractivity contribution is -0.136. The summed E-state index contributed by atoms with van der Waals surface area (Å²) in [6.07, 6.45) is -2.45. The van der Waals surface area contributed by atoms with Gasteiger partial charge in [0.15, 0.2) is 0 Å². The Labute approximate surface area is 90.3 Å². The van der Waals surface area contributed by atoms with Crippen LogP contribution in [0.4, 0.5) is 13.2 Å². The van der Waals surface area contributed by atoms with Gasteiger partial charge in [0.25, 0.3) is 0 Å². The fourth-order valence-electron chi connectivity index (χ4n) is 1.16. The molecule has 1 aromatic heterocycles. The Kier molecular flexibility index (Phi) is 3.93. The molecule has 0 aromatic carbocycles. The number of nitrogens with two attached hydrogens (primary N) is 1. The molecule has 0 amide bonds. The van der Waals surface area contributed by atoms with Crippen LogP contribution in [0.15, 0.2) is 18.5 Å². The van der Waals surface area contributed by atoms with E-state index in [2.05, 4.69) is 4.98 Å².